The third-order valence-corrected chi connectivity index (χ3v) is 4.52. The van der Waals surface area contributed by atoms with Crippen molar-refractivity contribution in [2.24, 2.45) is 0 Å². The van der Waals surface area contributed by atoms with E-state index in [0.29, 0.717) is 24.2 Å². The number of carbonyl (C=O) groups excluding carboxylic acids is 1. The fourth-order valence-electron chi connectivity index (χ4n) is 2.30. The van der Waals surface area contributed by atoms with Gasteiger partial charge in [0, 0.05) is 29.2 Å². The molecule has 1 fully saturated rings. The van der Waals surface area contributed by atoms with Crippen LogP contribution < -0.4 is 0 Å². The molecule has 0 unspecified atom stereocenters. The van der Waals surface area contributed by atoms with E-state index in [0.717, 1.165) is 5.75 Å². The van der Waals surface area contributed by atoms with Gasteiger partial charge in [-0.2, -0.15) is 11.8 Å². The van der Waals surface area contributed by atoms with Crippen LogP contribution in [0.1, 0.15) is 29.8 Å². The normalized spacial score (nSPS) is 17.0. The molecule has 1 N–H and O–H groups in total. The summed E-state index contributed by atoms with van der Waals surface area (Å²) in [6, 6.07) is 3.97. The van der Waals surface area contributed by atoms with Crippen molar-refractivity contribution in [2.75, 3.05) is 25.4 Å². The first-order valence-corrected chi connectivity index (χ1v) is 7.74. The maximum Gasteiger partial charge on any atom is 0.255 e. The fourth-order valence-corrected chi connectivity index (χ4v) is 3.41. The van der Waals surface area contributed by atoms with E-state index in [4.69, 9.17) is 5.11 Å². The zero-order chi connectivity index (χ0) is 15.5. The van der Waals surface area contributed by atoms with E-state index in [1.807, 2.05) is 11.8 Å². The number of aliphatic hydroxyl groups is 1. The Bertz CT molecular complexity index is 604. The molecule has 0 bridgehead atoms. The number of carbonyl (C=O) groups is 1. The second kappa shape index (κ2) is 6.50. The molecule has 1 aliphatic heterocycles. The largest absolute Gasteiger partial charge is 0.384 e. The van der Waals surface area contributed by atoms with Crippen LogP contribution in [-0.4, -0.2) is 46.1 Å². The van der Waals surface area contributed by atoms with Crippen LogP contribution in [0.2, 0.25) is 0 Å². The summed E-state index contributed by atoms with van der Waals surface area (Å²) >= 11 is 1.84. The molecule has 0 atom stereocenters. The average Bonchev–Trinajstić information content (AvgIpc) is 2.43. The minimum absolute atomic E-state index is 0.0187. The Balaban J connectivity index is 2.30. The monoisotopic (exact) mass is 307 g/mol. The minimum atomic E-state index is -0.441. The lowest BCUT2D eigenvalue weighted by Crippen LogP contribution is -2.46. The molecule has 1 aliphatic rings. The highest BCUT2D eigenvalue weighted by molar-refractivity contribution is 8.00. The van der Waals surface area contributed by atoms with Crippen LogP contribution in [0, 0.1) is 17.7 Å². The highest BCUT2D eigenvalue weighted by Gasteiger charge is 2.30. The lowest BCUT2D eigenvalue weighted by Gasteiger charge is -2.37. The van der Waals surface area contributed by atoms with Gasteiger partial charge in [-0.25, -0.2) is 4.39 Å². The standard InChI is InChI=1S/C16H18FNO2S/c1-16(2)11-18(7-9-21-16)15(20)14-6-5-13(17)10-12(14)4-3-8-19/h5-6,10,19H,7-9,11H2,1-2H3. The van der Waals surface area contributed by atoms with E-state index >= 15 is 0 Å². The van der Waals surface area contributed by atoms with Crippen molar-refractivity contribution in [3.8, 4) is 11.8 Å². The van der Waals surface area contributed by atoms with Crippen molar-refractivity contribution >= 4 is 17.7 Å². The molecule has 21 heavy (non-hydrogen) atoms. The maximum absolute atomic E-state index is 13.3. The molecule has 112 valence electrons. The number of thioether (sulfide) groups is 1. The third-order valence-electron chi connectivity index (χ3n) is 3.23. The van der Waals surface area contributed by atoms with Gasteiger partial charge in [-0.15, -0.1) is 0 Å². The van der Waals surface area contributed by atoms with Gasteiger partial charge >= 0.3 is 0 Å². The second-order valence-electron chi connectivity index (χ2n) is 5.48. The fraction of sp³-hybridized carbons (Fsp3) is 0.438. The van der Waals surface area contributed by atoms with Crippen molar-refractivity contribution in [3.05, 3.63) is 35.1 Å². The van der Waals surface area contributed by atoms with Crippen molar-refractivity contribution in [1.29, 1.82) is 0 Å². The molecule has 1 aromatic carbocycles. The van der Waals surface area contributed by atoms with Crippen molar-refractivity contribution in [2.45, 2.75) is 18.6 Å². The Morgan fingerprint density at radius 2 is 2.29 bits per heavy atom. The molecule has 0 radical (unpaired) electrons. The smallest absolute Gasteiger partial charge is 0.255 e. The Hall–Kier alpha value is -1.51. The molecule has 5 heteroatoms. The molecule has 3 nitrogen and oxygen atoms in total. The number of halogens is 1. The molecule has 0 aliphatic carbocycles. The van der Waals surface area contributed by atoms with Crippen LogP contribution in [0.15, 0.2) is 18.2 Å². The van der Waals surface area contributed by atoms with E-state index in [1.165, 1.54) is 18.2 Å². The lowest BCUT2D eigenvalue weighted by molar-refractivity contribution is 0.0747. The van der Waals surface area contributed by atoms with E-state index in [9.17, 15) is 9.18 Å². The molecule has 1 heterocycles. The second-order valence-corrected chi connectivity index (χ2v) is 7.29. The number of rotatable bonds is 1. The number of hydrogen-bond donors (Lipinski definition) is 1. The molecule has 0 aromatic heterocycles. The van der Waals surface area contributed by atoms with Crippen molar-refractivity contribution in [3.63, 3.8) is 0 Å². The van der Waals surface area contributed by atoms with Gasteiger partial charge in [-0.1, -0.05) is 11.8 Å². The number of benzene rings is 1. The molecule has 1 saturated heterocycles. The quantitative estimate of drug-likeness (QED) is 0.808. The van der Waals surface area contributed by atoms with Crippen LogP contribution in [0.3, 0.4) is 0 Å². The minimum Gasteiger partial charge on any atom is -0.384 e. The van der Waals surface area contributed by atoms with Crippen LogP contribution in [-0.2, 0) is 0 Å². The summed E-state index contributed by atoms with van der Waals surface area (Å²) in [7, 11) is 0. The van der Waals surface area contributed by atoms with E-state index in [-0.39, 0.29) is 17.3 Å². The average molecular weight is 307 g/mol. The number of nitrogens with zero attached hydrogens (tertiary/aromatic N) is 1. The predicted molar refractivity (Wildman–Crippen MR) is 82.8 cm³/mol. The van der Waals surface area contributed by atoms with E-state index < -0.39 is 5.82 Å². The summed E-state index contributed by atoms with van der Waals surface area (Å²) < 4.78 is 13.4. The van der Waals surface area contributed by atoms with Gasteiger partial charge in [0.1, 0.15) is 12.4 Å². The Morgan fingerprint density at radius 3 is 2.95 bits per heavy atom. The van der Waals surface area contributed by atoms with Gasteiger partial charge < -0.3 is 10.0 Å². The lowest BCUT2D eigenvalue weighted by atomic mass is 10.0. The molecule has 1 aromatic rings. The van der Waals surface area contributed by atoms with Crippen LogP contribution in [0.25, 0.3) is 0 Å². The highest BCUT2D eigenvalue weighted by Crippen LogP contribution is 2.30. The molecule has 2 rings (SSSR count). The number of aliphatic hydroxyl groups excluding tert-OH is 1. The number of hydrogen-bond acceptors (Lipinski definition) is 3. The first kappa shape index (κ1) is 15.9. The van der Waals surface area contributed by atoms with Crippen LogP contribution >= 0.6 is 11.8 Å². The number of amides is 1. The van der Waals surface area contributed by atoms with E-state index in [2.05, 4.69) is 25.7 Å². The first-order chi connectivity index (χ1) is 9.93. The van der Waals surface area contributed by atoms with Gasteiger partial charge in [0.05, 0.1) is 5.56 Å². The summed E-state index contributed by atoms with van der Waals surface area (Å²) in [5.74, 6) is 5.43. The summed E-state index contributed by atoms with van der Waals surface area (Å²) in [5, 5.41) is 8.78. The van der Waals surface area contributed by atoms with Gasteiger partial charge in [-0.3, -0.25) is 4.79 Å². The van der Waals surface area contributed by atoms with Crippen LogP contribution in [0.4, 0.5) is 4.39 Å². The summed E-state index contributed by atoms with van der Waals surface area (Å²) in [6.45, 7) is 5.22. The SMILES string of the molecule is CC1(C)CN(C(=O)c2ccc(F)cc2C#CCO)CCS1. The molecule has 1 amide bonds. The van der Waals surface area contributed by atoms with E-state index in [1.54, 1.807) is 4.90 Å². The third kappa shape index (κ3) is 3.99. The van der Waals surface area contributed by atoms with Gasteiger partial charge in [0.15, 0.2) is 0 Å². The topological polar surface area (TPSA) is 40.5 Å². The molecule has 0 saturated carbocycles. The first-order valence-electron chi connectivity index (χ1n) is 6.75. The summed E-state index contributed by atoms with van der Waals surface area (Å²) in [6.07, 6.45) is 0. The van der Waals surface area contributed by atoms with Gasteiger partial charge in [-0.05, 0) is 32.0 Å². The Labute approximate surface area is 128 Å². The van der Waals surface area contributed by atoms with Crippen molar-refractivity contribution in [1.82, 2.24) is 4.90 Å². The maximum atomic E-state index is 13.3. The van der Waals surface area contributed by atoms with Gasteiger partial charge in [0.2, 0.25) is 0 Å². The molecular weight excluding hydrogens is 289 g/mol. The zero-order valence-corrected chi connectivity index (χ0v) is 13.0. The molecule has 0 spiro atoms. The van der Waals surface area contributed by atoms with Crippen LogP contribution in [0.5, 0.6) is 0 Å². The Morgan fingerprint density at radius 1 is 1.52 bits per heavy atom. The predicted octanol–water partition coefficient (Wildman–Crippen LogP) is 2.14. The highest BCUT2D eigenvalue weighted by atomic mass is 32.2. The summed E-state index contributed by atoms with van der Waals surface area (Å²) in [5.41, 5.74) is 0.713. The van der Waals surface area contributed by atoms with Gasteiger partial charge in [0.25, 0.3) is 5.91 Å². The Kier molecular flexibility index (Phi) is 4.92. The zero-order valence-electron chi connectivity index (χ0n) is 12.1. The molecular formula is C16H18FNO2S. The van der Waals surface area contributed by atoms with Crippen molar-refractivity contribution < 1.29 is 14.3 Å². The summed E-state index contributed by atoms with van der Waals surface area (Å²) in [4.78, 5) is 14.4.